The lowest BCUT2D eigenvalue weighted by molar-refractivity contribution is 0.495. The zero-order valence-corrected chi connectivity index (χ0v) is 17.4. The molecule has 0 fully saturated rings. The van der Waals surface area contributed by atoms with Crippen LogP contribution in [-0.2, 0) is 13.0 Å². The third-order valence-corrected chi connectivity index (χ3v) is 6.49. The number of hydrogen-bond acceptors (Lipinski definition) is 2. The van der Waals surface area contributed by atoms with E-state index in [1.54, 1.807) is 18.0 Å². The van der Waals surface area contributed by atoms with E-state index in [4.69, 9.17) is 34.8 Å². The molecule has 1 atom stereocenters. The van der Waals surface area contributed by atoms with Crippen molar-refractivity contribution < 1.29 is 0 Å². The summed E-state index contributed by atoms with van der Waals surface area (Å²) in [6.07, 6.45) is 7.56. The maximum Gasteiger partial charge on any atom is 0.0946 e. The van der Waals surface area contributed by atoms with Gasteiger partial charge in [0.15, 0.2) is 0 Å². The molecule has 0 aliphatic carbocycles. The summed E-state index contributed by atoms with van der Waals surface area (Å²) >= 11 is 20.3. The molecule has 0 bridgehead atoms. The molecule has 1 unspecified atom stereocenters. The smallest absolute Gasteiger partial charge is 0.0946 e. The first kappa shape index (κ1) is 19.6. The van der Waals surface area contributed by atoms with Crippen molar-refractivity contribution in [3.63, 3.8) is 0 Å². The summed E-state index contributed by atoms with van der Waals surface area (Å²) in [5.41, 5.74) is 1.27. The van der Waals surface area contributed by atoms with Crippen molar-refractivity contribution >= 4 is 46.6 Å². The average Bonchev–Trinajstić information content (AvgIpc) is 3.10. The van der Waals surface area contributed by atoms with Crippen molar-refractivity contribution in [2.75, 3.05) is 0 Å². The molecular formula is C20H19Cl3N2S. The number of nitrogens with zero attached hydrogens (tertiary/aromatic N) is 2. The zero-order valence-electron chi connectivity index (χ0n) is 14.3. The minimum Gasteiger partial charge on any atom is -0.336 e. The highest BCUT2D eigenvalue weighted by Crippen LogP contribution is 2.42. The Bertz CT molecular complexity index is 850. The van der Waals surface area contributed by atoms with Crippen molar-refractivity contribution in [2.45, 2.75) is 36.0 Å². The Labute approximate surface area is 173 Å². The predicted octanol–water partition coefficient (Wildman–Crippen LogP) is 7.03. The molecule has 136 valence electrons. The lowest BCUT2D eigenvalue weighted by Gasteiger charge is -2.30. The van der Waals surface area contributed by atoms with E-state index < -0.39 is 0 Å². The first-order valence-electron chi connectivity index (χ1n) is 8.28. The third-order valence-electron chi connectivity index (χ3n) is 4.18. The molecule has 26 heavy (non-hydrogen) atoms. The largest absolute Gasteiger partial charge is 0.336 e. The molecule has 2 aromatic carbocycles. The molecular weight excluding hydrogens is 407 g/mol. The van der Waals surface area contributed by atoms with Gasteiger partial charge in [0, 0.05) is 38.6 Å². The second kappa shape index (κ2) is 8.71. The molecule has 0 N–H and O–H groups in total. The number of rotatable bonds is 7. The first-order valence-corrected chi connectivity index (χ1v) is 10.2. The molecule has 6 heteroatoms. The third kappa shape index (κ3) is 5.43. The van der Waals surface area contributed by atoms with Crippen LogP contribution < -0.4 is 0 Å². The highest BCUT2D eigenvalue weighted by atomic mass is 35.5. The standard InChI is InChI=1S/C20H19Cl3N2S/c1-20(13-25-11-10-24-14-25,9-8-15-2-4-16(21)5-3-15)26-19-12-17(22)6-7-18(19)23/h2-7,10-12,14H,8-9,13H2,1H3. The van der Waals surface area contributed by atoms with E-state index in [1.807, 2.05) is 42.9 Å². The fourth-order valence-electron chi connectivity index (χ4n) is 2.81. The molecule has 0 saturated heterocycles. The Morgan fingerprint density at radius 1 is 1.04 bits per heavy atom. The van der Waals surface area contributed by atoms with E-state index in [0.717, 1.165) is 34.3 Å². The van der Waals surface area contributed by atoms with E-state index in [9.17, 15) is 0 Å². The van der Waals surface area contributed by atoms with Gasteiger partial charge < -0.3 is 4.57 Å². The maximum atomic E-state index is 6.41. The number of benzene rings is 2. The van der Waals surface area contributed by atoms with Gasteiger partial charge in [-0.15, -0.1) is 11.8 Å². The Morgan fingerprint density at radius 3 is 2.46 bits per heavy atom. The highest BCUT2D eigenvalue weighted by Gasteiger charge is 2.27. The van der Waals surface area contributed by atoms with E-state index >= 15 is 0 Å². The fraction of sp³-hybridized carbons (Fsp3) is 0.250. The monoisotopic (exact) mass is 424 g/mol. The minimum absolute atomic E-state index is 0.0747. The summed E-state index contributed by atoms with van der Waals surface area (Å²) in [7, 11) is 0. The van der Waals surface area contributed by atoms with E-state index in [-0.39, 0.29) is 4.75 Å². The van der Waals surface area contributed by atoms with Gasteiger partial charge in [-0.05, 0) is 55.7 Å². The van der Waals surface area contributed by atoms with Gasteiger partial charge in [-0.2, -0.15) is 0 Å². The number of aromatic nitrogens is 2. The molecule has 0 radical (unpaired) electrons. The predicted molar refractivity (Wildman–Crippen MR) is 113 cm³/mol. The topological polar surface area (TPSA) is 17.8 Å². The van der Waals surface area contributed by atoms with Crippen molar-refractivity contribution in [1.29, 1.82) is 0 Å². The summed E-state index contributed by atoms with van der Waals surface area (Å²) in [4.78, 5) is 5.16. The molecule has 0 saturated carbocycles. The number of hydrogen-bond donors (Lipinski definition) is 0. The van der Waals surface area contributed by atoms with Crippen LogP contribution in [0.4, 0.5) is 0 Å². The molecule has 0 aliphatic heterocycles. The Hall–Kier alpha value is -1.13. The SMILES string of the molecule is CC(CCc1ccc(Cl)cc1)(Cn1ccnc1)Sc1cc(Cl)ccc1Cl. The molecule has 1 heterocycles. The number of imidazole rings is 1. The molecule has 0 aliphatic rings. The molecule has 2 nitrogen and oxygen atoms in total. The van der Waals surface area contributed by atoms with Crippen LogP contribution in [0.1, 0.15) is 18.9 Å². The molecule has 3 aromatic rings. The van der Waals surface area contributed by atoms with Gasteiger partial charge >= 0.3 is 0 Å². The van der Waals surface area contributed by atoms with Crippen LogP contribution in [-0.4, -0.2) is 14.3 Å². The van der Waals surface area contributed by atoms with Gasteiger partial charge in [0.1, 0.15) is 0 Å². The lowest BCUT2D eigenvalue weighted by atomic mass is 10.00. The number of aryl methyl sites for hydroxylation is 1. The van der Waals surface area contributed by atoms with Crippen LogP contribution in [0.3, 0.4) is 0 Å². The Balaban J connectivity index is 1.81. The summed E-state index contributed by atoms with van der Waals surface area (Å²) in [6, 6.07) is 13.6. The van der Waals surface area contributed by atoms with Gasteiger partial charge in [-0.25, -0.2) is 4.98 Å². The van der Waals surface area contributed by atoms with Crippen LogP contribution >= 0.6 is 46.6 Å². The molecule has 0 amide bonds. The highest BCUT2D eigenvalue weighted by molar-refractivity contribution is 8.00. The summed E-state index contributed by atoms with van der Waals surface area (Å²) < 4.78 is 2.03. The van der Waals surface area contributed by atoms with Crippen molar-refractivity contribution in [3.8, 4) is 0 Å². The molecule has 0 spiro atoms. The van der Waals surface area contributed by atoms with Crippen LogP contribution in [0.25, 0.3) is 0 Å². The first-order chi connectivity index (χ1) is 12.4. The van der Waals surface area contributed by atoms with Gasteiger partial charge in [-0.1, -0.05) is 46.9 Å². The van der Waals surface area contributed by atoms with Crippen molar-refractivity contribution in [2.24, 2.45) is 0 Å². The Kier molecular flexibility index (Phi) is 6.57. The summed E-state index contributed by atoms with van der Waals surface area (Å²) in [6.45, 7) is 3.08. The minimum atomic E-state index is -0.0747. The van der Waals surface area contributed by atoms with Gasteiger partial charge in [-0.3, -0.25) is 0 Å². The molecule has 1 aromatic heterocycles. The quantitative estimate of drug-likeness (QED) is 0.378. The number of halogens is 3. The van der Waals surface area contributed by atoms with E-state index in [1.165, 1.54) is 5.56 Å². The van der Waals surface area contributed by atoms with Gasteiger partial charge in [0.2, 0.25) is 0 Å². The lowest BCUT2D eigenvalue weighted by Crippen LogP contribution is -2.27. The second-order valence-corrected chi connectivity index (χ2v) is 9.40. The van der Waals surface area contributed by atoms with E-state index in [2.05, 4.69) is 28.6 Å². The van der Waals surface area contributed by atoms with Crippen LogP contribution in [0, 0.1) is 0 Å². The van der Waals surface area contributed by atoms with Gasteiger partial charge in [0.25, 0.3) is 0 Å². The maximum absolute atomic E-state index is 6.41. The summed E-state index contributed by atoms with van der Waals surface area (Å²) in [5, 5.41) is 2.18. The Morgan fingerprint density at radius 2 is 1.77 bits per heavy atom. The fourth-order valence-corrected chi connectivity index (χ4v) is 4.71. The molecule has 3 rings (SSSR count). The summed E-state index contributed by atoms with van der Waals surface area (Å²) in [5.74, 6) is 0. The van der Waals surface area contributed by atoms with Crippen LogP contribution in [0.15, 0.2) is 66.1 Å². The van der Waals surface area contributed by atoms with Crippen molar-refractivity contribution in [3.05, 3.63) is 81.8 Å². The number of thioether (sulfide) groups is 1. The second-order valence-electron chi connectivity index (χ2n) is 6.49. The van der Waals surface area contributed by atoms with Crippen LogP contribution in [0.2, 0.25) is 15.1 Å². The van der Waals surface area contributed by atoms with Crippen LogP contribution in [0.5, 0.6) is 0 Å². The van der Waals surface area contributed by atoms with E-state index in [0.29, 0.717) is 5.02 Å². The average molecular weight is 426 g/mol. The normalized spacial score (nSPS) is 13.5. The van der Waals surface area contributed by atoms with Gasteiger partial charge in [0.05, 0.1) is 11.3 Å². The zero-order chi connectivity index (χ0) is 18.6. The van der Waals surface area contributed by atoms with Crippen molar-refractivity contribution in [1.82, 2.24) is 9.55 Å².